The van der Waals surface area contributed by atoms with Crippen LogP contribution in [-0.2, 0) is 4.74 Å². The Balaban J connectivity index is 1.73. The van der Waals surface area contributed by atoms with Gasteiger partial charge in [0.2, 0.25) is 5.95 Å². The van der Waals surface area contributed by atoms with Crippen molar-refractivity contribution in [3.8, 4) is 0 Å². The molecule has 0 aliphatic heterocycles. The number of fused-ring (bicyclic) bond motifs is 1. The average Bonchev–Trinajstić information content (AvgIpc) is 2.33. The van der Waals surface area contributed by atoms with E-state index < -0.39 is 0 Å². The van der Waals surface area contributed by atoms with E-state index in [4.69, 9.17) is 4.74 Å². The first-order valence-corrected chi connectivity index (χ1v) is 5.86. The lowest BCUT2D eigenvalue weighted by Crippen LogP contribution is -2.40. The van der Waals surface area contributed by atoms with E-state index in [0.29, 0.717) is 18.1 Å². The lowest BCUT2D eigenvalue weighted by atomic mass is 9.89. The Bertz CT molecular complexity index is 523. The maximum Gasteiger partial charge on any atom is 0.223 e. The number of nitrogens with one attached hydrogen (secondary N) is 1. The maximum absolute atomic E-state index is 5.24. The monoisotopic (exact) mass is 229 g/mol. The molecule has 1 N–H and O–H groups in total. The molecule has 0 bridgehead atoms. The molecule has 0 unspecified atom stereocenters. The fourth-order valence-corrected chi connectivity index (χ4v) is 2.10. The van der Waals surface area contributed by atoms with Crippen molar-refractivity contribution in [1.29, 1.82) is 0 Å². The van der Waals surface area contributed by atoms with Crippen LogP contribution in [-0.4, -0.2) is 29.2 Å². The molecule has 4 nitrogen and oxygen atoms in total. The number of nitrogens with zero attached hydrogens (tertiary/aromatic N) is 2. The van der Waals surface area contributed by atoms with Gasteiger partial charge in [0.15, 0.2) is 0 Å². The summed E-state index contributed by atoms with van der Waals surface area (Å²) in [6.45, 7) is 0. The molecule has 1 fully saturated rings. The minimum Gasteiger partial charge on any atom is -0.381 e. The highest BCUT2D eigenvalue weighted by Gasteiger charge is 2.29. The standard InChI is InChI=1S/C13H15N3O/c1-17-11-6-10(7-11)15-13-14-8-9-4-2-3-5-12(9)16-13/h2-5,8,10-11H,6-7H2,1H3,(H,14,15,16). The number of aromatic nitrogens is 2. The maximum atomic E-state index is 5.24. The van der Waals surface area contributed by atoms with Crippen molar-refractivity contribution in [2.24, 2.45) is 0 Å². The van der Waals surface area contributed by atoms with Gasteiger partial charge in [-0.15, -0.1) is 0 Å². The van der Waals surface area contributed by atoms with Crippen molar-refractivity contribution in [3.63, 3.8) is 0 Å². The Labute approximate surface area is 100 Å². The summed E-state index contributed by atoms with van der Waals surface area (Å²) in [6.07, 6.45) is 4.32. The fraction of sp³-hybridized carbons (Fsp3) is 0.385. The SMILES string of the molecule is COC1CC(Nc2ncc3ccccc3n2)C1. The summed E-state index contributed by atoms with van der Waals surface area (Å²) in [4.78, 5) is 8.80. The van der Waals surface area contributed by atoms with Crippen molar-refractivity contribution in [3.05, 3.63) is 30.5 Å². The molecule has 3 rings (SSSR count). The third kappa shape index (κ3) is 2.08. The van der Waals surface area contributed by atoms with Gasteiger partial charge in [0.25, 0.3) is 0 Å². The van der Waals surface area contributed by atoms with Crippen LogP contribution in [0, 0.1) is 0 Å². The molecule has 1 aromatic carbocycles. The molecular weight excluding hydrogens is 214 g/mol. The smallest absolute Gasteiger partial charge is 0.223 e. The first-order chi connectivity index (χ1) is 8.35. The molecule has 0 amide bonds. The van der Waals surface area contributed by atoms with E-state index in [-0.39, 0.29) is 0 Å². The van der Waals surface area contributed by atoms with E-state index in [0.717, 1.165) is 23.7 Å². The number of para-hydroxylation sites is 1. The Morgan fingerprint density at radius 1 is 1.29 bits per heavy atom. The van der Waals surface area contributed by atoms with E-state index in [1.165, 1.54) is 0 Å². The molecule has 0 atom stereocenters. The topological polar surface area (TPSA) is 47.0 Å². The Kier molecular flexibility index (Phi) is 2.65. The zero-order valence-corrected chi connectivity index (χ0v) is 9.76. The van der Waals surface area contributed by atoms with Crippen LogP contribution in [0.5, 0.6) is 0 Å². The molecule has 0 radical (unpaired) electrons. The highest BCUT2D eigenvalue weighted by atomic mass is 16.5. The van der Waals surface area contributed by atoms with Crippen LogP contribution in [0.25, 0.3) is 10.9 Å². The first-order valence-electron chi connectivity index (χ1n) is 5.86. The lowest BCUT2D eigenvalue weighted by molar-refractivity contribution is 0.0327. The van der Waals surface area contributed by atoms with Gasteiger partial charge in [0, 0.05) is 24.7 Å². The van der Waals surface area contributed by atoms with E-state index >= 15 is 0 Å². The number of hydrogen-bond acceptors (Lipinski definition) is 4. The highest BCUT2D eigenvalue weighted by molar-refractivity contribution is 5.78. The molecule has 1 aromatic heterocycles. The van der Waals surface area contributed by atoms with Crippen LogP contribution in [0.3, 0.4) is 0 Å². The molecule has 1 aliphatic carbocycles. The van der Waals surface area contributed by atoms with Gasteiger partial charge in [-0.1, -0.05) is 18.2 Å². The number of methoxy groups -OCH3 is 1. The predicted molar refractivity (Wildman–Crippen MR) is 67.0 cm³/mol. The zero-order valence-electron chi connectivity index (χ0n) is 9.76. The van der Waals surface area contributed by atoms with Crippen LogP contribution in [0.15, 0.2) is 30.5 Å². The second-order valence-corrected chi connectivity index (χ2v) is 4.42. The minimum atomic E-state index is 0.396. The fourth-order valence-electron chi connectivity index (χ4n) is 2.10. The predicted octanol–water partition coefficient (Wildman–Crippen LogP) is 2.22. The summed E-state index contributed by atoms with van der Waals surface area (Å²) < 4.78 is 5.24. The first kappa shape index (κ1) is 10.5. The second kappa shape index (κ2) is 4.30. The number of ether oxygens (including phenoxy) is 1. The second-order valence-electron chi connectivity index (χ2n) is 4.42. The van der Waals surface area contributed by atoms with Crippen molar-refractivity contribution in [2.45, 2.75) is 25.0 Å². The summed E-state index contributed by atoms with van der Waals surface area (Å²) in [5.74, 6) is 0.711. The van der Waals surface area contributed by atoms with Crippen molar-refractivity contribution in [2.75, 3.05) is 12.4 Å². The van der Waals surface area contributed by atoms with Crippen molar-refractivity contribution in [1.82, 2.24) is 9.97 Å². The molecule has 1 saturated carbocycles. The van der Waals surface area contributed by atoms with E-state index in [1.54, 1.807) is 7.11 Å². The van der Waals surface area contributed by atoms with Crippen LogP contribution in [0.1, 0.15) is 12.8 Å². The summed E-state index contributed by atoms with van der Waals surface area (Å²) in [5.41, 5.74) is 0.979. The van der Waals surface area contributed by atoms with Crippen LogP contribution < -0.4 is 5.32 Å². The van der Waals surface area contributed by atoms with E-state index in [2.05, 4.69) is 15.3 Å². The zero-order chi connectivity index (χ0) is 11.7. The van der Waals surface area contributed by atoms with Crippen LogP contribution >= 0.6 is 0 Å². The molecule has 88 valence electrons. The lowest BCUT2D eigenvalue weighted by Gasteiger charge is -2.34. The third-order valence-electron chi connectivity index (χ3n) is 3.25. The van der Waals surface area contributed by atoms with Crippen LogP contribution in [0.2, 0.25) is 0 Å². The van der Waals surface area contributed by atoms with Crippen molar-refractivity contribution >= 4 is 16.9 Å². The number of anilines is 1. The molecule has 0 saturated heterocycles. The van der Waals surface area contributed by atoms with Gasteiger partial charge in [-0.05, 0) is 18.9 Å². The van der Waals surface area contributed by atoms with Crippen molar-refractivity contribution < 1.29 is 4.74 Å². The number of rotatable bonds is 3. The summed E-state index contributed by atoms with van der Waals surface area (Å²) in [5, 5.41) is 4.40. The summed E-state index contributed by atoms with van der Waals surface area (Å²) in [6, 6.07) is 8.45. The van der Waals surface area contributed by atoms with Gasteiger partial charge < -0.3 is 10.1 Å². The van der Waals surface area contributed by atoms with Gasteiger partial charge in [-0.2, -0.15) is 0 Å². The van der Waals surface area contributed by atoms with Gasteiger partial charge in [0.1, 0.15) is 0 Å². The normalized spacial score (nSPS) is 23.4. The Morgan fingerprint density at radius 3 is 2.94 bits per heavy atom. The molecular formula is C13H15N3O. The highest BCUT2D eigenvalue weighted by Crippen LogP contribution is 2.25. The van der Waals surface area contributed by atoms with E-state index in [9.17, 15) is 0 Å². The van der Waals surface area contributed by atoms with Gasteiger partial charge in [0.05, 0.1) is 11.6 Å². The van der Waals surface area contributed by atoms with Crippen LogP contribution in [0.4, 0.5) is 5.95 Å². The van der Waals surface area contributed by atoms with E-state index in [1.807, 2.05) is 30.5 Å². The van der Waals surface area contributed by atoms with Gasteiger partial charge in [-0.25, -0.2) is 9.97 Å². The summed E-state index contributed by atoms with van der Waals surface area (Å²) in [7, 11) is 1.76. The number of hydrogen-bond donors (Lipinski definition) is 1. The quantitative estimate of drug-likeness (QED) is 0.876. The average molecular weight is 229 g/mol. The third-order valence-corrected chi connectivity index (χ3v) is 3.25. The Morgan fingerprint density at radius 2 is 2.12 bits per heavy atom. The number of benzene rings is 1. The molecule has 1 heterocycles. The molecule has 1 aliphatic rings. The van der Waals surface area contributed by atoms with Gasteiger partial charge in [-0.3, -0.25) is 0 Å². The Hall–Kier alpha value is -1.68. The molecule has 17 heavy (non-hydrogen) atoms. The largest absolute Gasteiger partial charge is 0.381 e. The summed E-state index contributed by atoms with van der Waals surface area (Å²) >= 11 is 0. The minimum absolute atomic E-state index is 0.396. The molecule has 0 spiro atoms. The van der Waals surface area contributed by atoms with Gasteiger partial charge >= 0.3 is 0 Å². The molecule has 2 aromatic rings. The molecule has 4 heteroatoms.